The van der Waals surface area contributed by atoms with Gasteiger partial charge >= 0.3 is 0 Å². The van der Waals surface area contributed by atoms with E-state index in [4.69, 9.17) is 5.73 Å². The minimum atomic E-state index is -3.54. The SMILES string of the molecule is Cc1ccc(S(=O)(=O)NCCN(C)C(=O)[C@H](C)N)cc1. The smallest absolute Gasteiger partial charge is 0.240 e. The van der Waals surface area contributed by atoms with E-state index in [1.165, 1.54) is 4.90 Å². The minimum absolute atomic E-state index is 0.144. The summed E-state index contributed by atoms with van der Waals surface area (Å²) in [7, 11) is -1.95. The molecule has 0 saturated carbocycles. The molecule has 0 fully saturated rings. The lowest BCUT2D eigenvalue weighted by atomic mass is 10.2. The Hall–Kier alpha value is -1.44. The Labute approximate surface area is 120 Å². The van der Waals surface area contributed by atoms with Gasteiger partial charge in [-0.3, -0.25) is 4.79 Å². The standard InChI is InChI=1S/C13H21N3O3S/c1-10-4-6-12(7-5-10)20(18,19)15-8-9-16(3)13(17)11(2)14/h4-7,11,15H,8-9,14H2,1-3H3/t11-/m0/s1. The van der Waals surface area contributed by atoms with Crippen LogP contribution in [0.5, 0.6) is 0 Å². The first-order valence-electron chi connectivity index (χ1n) is 6.31. The average Bonchev–Trinajstić information content (AvgIpc) is 2.37. The third-order valence-corrected chi connectivity index (χ3v) is 4.31. The van der Waals surface area contributed by atoms with Crippen LogP contribution in [0.15, 0.2) is 29.2 Å². The van der Waals surface area contributed by atoms with Crippen LogP contribution < -0.4 is 10.5 Å². The van der Waals surface area contributed by atoms with Gasteiger partial charge < -0.3 is 10.6 Å². The number of sulfonamides is 1. The van der Waals surface area contributed by atoms with E-state index in [2.05, 4.69) is 4.72 Å². The van der Waals surface area contributed by atoms with E-state index in [0.29, 0.717) is 0 Å². The molecule has 0 unspecified atom stereocenters. The molecule has 1 rings (SSSR count). The highest BCUT2D eigenvalue weighted by molar-refractivity contribution is 7.89. The largest absolute Gasteiger partial charge is 0.343 e. The molecular weight excluding hydrogens is 278 g/mol. The average molecular weight is 299 g/mol. The van der Waals surface area contributed by atoms with Crippen molar-refractivity contribution in [2.75, 3.05) is 20.1 Å². The lowest BCUT2D eigenvalue weighted by molar-refractivity contribution is -0.130. The van der Waals surface area contributed by atoms with Crippen molar-refractivity contribution in [1.82, 2.24) is 9.62 Å². The quantitative estimate of drug-likeness (QED) is 0.778. The number of benzene rings is 1. The number of hydrogen-bond acceptors (Lipinski definition) is 4. The third kappa shape index (κ3) is 4.59. The van der Waals surface area contributed by atoms with E-state index in [9.17, 15) is 13.2 Å². The minimum Gasteiger partial charge on any atom is -0.343 e. The molecule has 0 heterocycles. The lowest BCUT2D eigenvalue weighted by Crippen LogP contribution is -2.43. The number of nitrogens with one attached hydrogen (secondary N) is 1. The molecule has 0 bridgehead atoms. The number of likely N-dealkylation sites (N-methyl/N-ethyl adjacent to an activating group) is 1. The summed E-state index contributed by atoms with van der Waals surface area (Å²) < 4.78 is 26.4. The van der Waals surface area contributed by atoms with Gasteiger partial charge in [0.05, 0.1) is 10.9 Å². The zero-order chi connectivity index (χ0) is 15.3. The molecule has 0 radical (unpaired) electrons. The third-order valence-electron chi connectivity index (χ3n) is 2.84. The second kappa shape index (κ2) is 6.83. The lowest BCUT2D eigenvalue weighted by Gasteiger charge is -2.19. The number of nitrogens with zero attached hydrogens (tertiary/aromatic N) is 1. The Bertz CT molecular complexity index is 553. The van der Waals surface area contributed by atoms with Gasteiger partial charge in [0.25, 0.3) is 0 Å². The van der Waals surface area contributed by atoms with Gasteiger partial charge in [0.15, 0.2) is 0 Å². The first kappa shape index (κ1) is 16.6. The fourth-order valence-electron chi connectivity index (χ4n) is 1.61. The van der Waals surface area contributed by atoms with Crippen molar-refractivity contribution in [3.63, 3.8) is 0 Å². The Morgan fingerprint density at radius 3 is 2.40 bits per heavy atom. The fourth-order valence-corrected chi connectivity index (χ4v) is 2.63. The van der Waals surface area contributed by atoms with Crippen LogP contribution in [0.4, 0.5) is 0 Å². The molecule has 0 spiro atoms. The van der Waals surface area contributed by atoms with Crippen LogP contribution >= 0.6 is 0 Å². The maximum absolute atomic E-state index is 12.0. The van der Waals surface area contributed by atoms with Gasteiger partial charge in [-0.15, -0.1) is 0 Å². The Balaban J connectivity index is 2.57. The molecule has 6 nitrogen and oxygen atoms in total. The van der Waals surface area contributed by atoms with Gasteiger partial charge in [-0.05, 0) is 26.0 Å². The predicted molar refractivity (Wildman–Crippen MR) is 77.7 cm³/mol. The maximum Gasteiger partial charge on any atom is 0.240 e. The number of hydrogen-bond donors (Lipinski definition) is 2. The zero-order valence-electron chi connectivity index (χ0n) is 12.0. The summed E-state index contributed by atoms with van der Waals surface area (Å²) in [6.07, 6.45) is 0. The van der Waals surface area contributed by atoms with E-state index >= 15 is 0 Å². The molecular formula is C13H21N3O3S. The molecule has 0 aliphatic rings. The molecule has 1 aromatic carbocycles. The van der Waals surface area contributed by atoms with Crippen molar-refractivity contribution in [3.05, 3.63) is 29.8 Å². The van der Waals surface area contributed by atoms with E-state index in [0.717, 1.165) is 5.56 Å². The highest BCUT2D eigenvalue weighted by Crippen LogP contribution is 2.09. The van der Waals surface area contributed by atoms with E-state index in [1.807, 2.05) is 6.92 Å². The molecule has 0 saturated heterocycles. The van der Waals surface area contributed by atoms with Crippen molar-refractivity contribution in [3.8, 4) is 0 Å². The van der Waals surface area contributed by atoms with Gasteiger partial charge in [0, 0.05) is 20.1 Å². The van der Waals surface area contributed by atoms with Gasteiger partial charge in [-0.25, -0.2) is 13.1 Å². The first-order chi connectivity index (χ1) is 9.24. The number of carbonyl (C=O) groups excluding carboxylic acids is 1. The second-order valence-electron chi connectivity index (χ2n) is 4.76. The molecule has 1 amide bonds. The van der Waals surface area contributed by atoms with Crippen LogP contribution in [-0.4, -0.2) is 45.4 Å². The molecule has 3 N–H and O–H groups in total. The van der Waals surface area contributed by atoms with Crippen molar-refractivity contribution in [2.45, 2.75) is 24.8 Å². The highest BCUT2D eigenvalue weighted by Gasteiger charge is 2.16. The highest BCUT2D eigenvalue weighted by atomic mass is 32.2. The Morgan fingerprint density at radius 1 is 1.35 bits per heavy atom. The topological polar surface area (TPSA) is 92.5 Å². The van der Waals surface area contributed by atoms with Gasteiger partial charge in [0.1, 0.15) is 0 Å². The molecule has 1 aromatic rings. The molecule has 20 heavy (non-hydrogen) atoms. The van der Waals surface area contributed by atoms with Gasteiger partial charge in [-0.2, -0.15) is 0 Å². The fraction of sp³-hybridized carbons (Fsp3) is 0.462. The molecule has 112 valence electrons. The summed E-state index contributed by atoms with van der Waals surface area (Å²) >= 11 is 0. The molecule has 0 aliphatic heterocycles. The summed E-state index contributed by atoms with van der Waals surface area (Å²) in [5.41, 5.74) is 6.46. The van der Waals surface area contributed by atoms with Crippen molar-refractivity contribution in [1.29, 1.82) is 0 Å². The number of carbonyl (C=O) groups is 1. The molecule has 7 heteroatoms. The van der Waals surface area contributed by atoms with Crippen LogP contribution in [0.3, 0.4) is 0 Å². The predicted octanol–water partition coefficient (Wildman–Crippen LogP) is 0.0789. The number of rotatable bonds is 6. The van der Waals surface area contributed by atoms with Crippen molar-refractivity contribution in [2.24, 2.45) is 5.73 Å². The van der Waals surface area contributed by atoms with E-state index < -0.39 is 16.1 Å². The summed E-state index contributed by atoms with van der Waals surface area (Å²) in [4.78, 5) is 13.1. The van der Waals surface area contributed by atoms with Crippen molar-refractivity contribution >= 4 is 15.9 Å². The van der Waals surface area contributed by atoms with Gasteiger partial charge in [-0.1, -0.05) is 17.7 Å². The van der Waals surface area contributed by atoms with Crippen molar-refractivity contribution < 1.29 is 13.2 Å². The van der Waals surface area contributed by atoms with E-state index in [1.54, 1.807) is 38.2 Å². The Morgan fingerprint density at radius 2 is 1.90 bits per heavy atom. The molecule has 1 atom stereocenters. The maximum atomic E-state index is 12.0. The zero-order valence-corrected chi connectivity index (χ0v) is 12.8. The van der Waals surface area contributed by atoms with Crippen LogP contribution in [-0.2, 0) is 14.8 Å². The summed E-state index contributed by atoms with van der Waals surface area (Å²) in [6, 6.07) is 5.98. The number of nitrogens with two attached hydrogens (primary N) is 1. The summed E-state index contributed by atoms with van der Waals surface area (Å²) in [6.45, 7) is 3.89. The summed E-state index contributed by atoms with van der Waals surface area (Å²) in [5, 5.41) is 0. The van der Waals surface area contributed by atoms with Crippen LogP contribution in [0.2, 0.25) is 0 Å². The van der Waals surface area contributed by atoms with E-state index in [-0.39, 0.29) is 23.9 Å². The van der Waals surface area contributed by atoms with Crippen LogP contribution in [0, 0.1) is 6.92 Å². The first-order valence-corrected chi connectivity index (χ1v) is 7.79. The van der Waals surface area contributed by atoms with Gasteiger partial charge in [0.2, 0.25) is 15.9 Å². The number of amides is 1. The normalized spacial score (nSPS) is 13.0. The van der Waals surface area contributed by atoms with Crippen LogP contribution in [0.1, 0.15) is 12.5 Å². The molecule has 0 aromatic heterocycles. The monoisotopic (exact) mass is 299 g/mol. The van der Waals surface area contributed by atoms with Crippen LogP contribution in [0.25, 0.3) is 0 Å². The number of aryl methyl sites for hydroxylation is 1. The second-order valence-corrected chi connectivity index (χ2v) is 6.53. The Kier molecular flexibility index (Phi) is 5.67. The molecule has 0 aliphatic carbocycles. The summed E-state index contributed by atoms with van der Waals surface area (Å²) in [5.74, 6) is -0.223.